The summed E-state index contributed by atoms with van der Waals surface area (Å²) in [6.07, 6.45) is 53.7. The van der Waals surface area contributed by atoms with E-state index in [0.717, 1.165) is 109 Å². The smallest absolute Gasteiger partial charge is 0.306 e. The Morgan fingerprint density at radius 3 is 1.22 bits per heavy atom. The van der Waals surface area contributed by atoms with E-state index in [1.807, 2.05) is 0 Å². The molecule has 0 N–H and O–H groups in total. The van der Waals surface area contributed by atoms with E-state index in [1.165, 1.54) is 186 Å². The first-order valence-electron chi connectivity index (χ1n) is 31.0. The van der Waals surface area contributed by atoms with Crippen LogP contribution in [0.4, 0.5) is 0 Å². The van der Waals surface area contributed by atoms with Crippen molar-refractivity contribution < 1.29 is 23.9 Å². The van der Waals surface area contributed by atoms with Gasteiger partial charge in [-0.25, -0.2) is 0 Å². The van der Waals surface area contributed by atoms with Gasteiger partial charge in [0.1, 0.15) is 6.10 Å². The van der Waals surface area contributed by atoms with E-state index in [9.17, 15) is 14.4 Å². The van der Waals surface area contributed by atoms with Crippen LogP contribution in [0.1, 0.15) is 330 Å². The van der Waals surface area contributed by atoms with Gasteiger partial charge in [0.05, 0.1) is 6.61 Å². The van der Waals surface area contributed by atoms with E-state index in [2.05, 4.69) is 58.5 Å². The molecule has 2 unspecified atom stereocenters. The van der Waals surface area contributed by atoms with E-state index in [1.54, 1.807) is 0 Å². The second-order valence-electron chi connectivity index (χ2n) is 21.9. The fraction of sp³-hybridized carbons (Fsp3) is 0.952. The lowest BCUT2D eigenvalue weighted by Crippen LogP contribution is -2.41. The first kappa shape index (κ1) is 67.4. The molecule has 1 amide bonds. The molecule has 0 aliphatic rings. The Bertz CT molecular complexity index is 1080. The topological polar surface area (TPSA) is 76.2 Å². The molecule has 0 saturated carbocycles. The van der Waals surface area contributed by atoms with Crippen molar-refractivity contribution in [1.82, 2.24) is 9.80 Å². The van der Waals surface area contributed by atoms with E-state index in [4.69, 9.17) is 9.47 Å². The van der Waals surface area contributed by atoms with E-state index < -0.39 is 0 Å². The third-order valence-electron chi connectivity index (χ3n) is 14.9. The monoisotopic (exact) mass is 975 g/mol. The number of hydrogen-bond donors (Lipinski definition) is 0. The summed E-state index contributed by atoms with van der Waals surface area (Å²) in [5.74, 6) is 1.05. The molecule has 2 atom stereocenters. The summed E-state index contributed by atoms with van der Waals surface area (Å²) >= 11 is 0. The maximum atomic E-state index is 14.1. The Hall–Kier alpha value is -1.63. The molecular weight excluding hydrogens is 853 g/mol. The molecule has 0 heterocycles. The molecular formula is C62H122N2O5. The van der Waals surface area contributed by atoms with Gasteiger partial charge in [-0.15, -0.1) is 0 Å². The maximum Gasteiger partial charge on any atom is 0.306 e. The van der Waals surface area contributed by atoms with Crippen LogP contribution in [0.2, 0.25) is 0 Å². The Morgan fingerprint density at radius 1 is 0.377 bits per heavy atom. The molecule has 69 heavy (non-hydrogen) atoms. The summed E-state index contributed by atoms with van der Waals surface area (Å²) in [6, 6.07) is 0.260. The quantitative estimate of drug-likeness (QED) is 0.0446. The summed E-state index contributed by atoms with van der Waals surface area (Å²) < 4.78 is 11.6. The van der Waals surface area contributed by atoms with Crippen LogP contribution in [-0.2, 0) is 23.9 Å². The SMILES string of the molecule is CCCCCCCCCCC(CCCCCC(=O)OCCCCC(CCCCCCCC)CCCCCCCC)N(CCCN(C)C)C(=O)CCCCCCC(=O)OC(CC)CCCCCCCC. The number of unbranched alkanes of at least 4 members (excludes halogenated alkanes) is 28. The van der Waals surface area contributed by atoms with Crippen LogP contribution >= 0.6 is 0 Å². The number of nitrogens with zero attached hydrogens (tertiary/aromatic N) is 2. The molecule has 0 aromatic carbocycles. The molecule has 0 aromatic heterocycles. The van der Waals surface area contributed by atoms with Gasteiger partial charge in [0.2, 0.25) is 5.91 Å². The molecule has 0 radical (unpaired) electrons. The maximum absolute atomic E-state index is 14.1. The molecule has 410 valence electrons. The van der Waals surface area contributed by atoms with Crippen molar-refractivity contribution in [2.24, 2.45) is 5.92 Å². The molecule has 0 aliphatic heterocycles. The van der Waals surface area contributed by atoms with Gasteiger partial charge in [-0.2, -0.15) is 0 Å². The van der Waals surface area contributed by atoms with Crippen LogP contribution in [0.3, 0.4) is 0 Å². The van der Waals surface area contributed by atoms with Crippen molar-refractivity contribution in [3.63, 3.8) is 0 Å². The van der Waals surface area contributed by atoms with Crippen molar-refractivity contribution in [3.8, 4) is 0 Å². The minimum Gasteiger partial charge on any atom is -0.466 e. The predicted octanol–water partition coefficient (Wildman–Crippen LogP) is 18.9. The number of rotatable bonds is 55. The lowest BCUT2D eigenvalue weighted by atomic mass is 9.90. The van der Waals surface area contributed by atoms with Crippen molar-refractivity contribution >= 4 is 17.8 Å². The number of ether oxygens (including phenoxy) is 2. The first-order chi connectivity index (χ1) is 33.7. The van der Waals surface area contributed by atoms with Crippen LogP contribution in [-0.4, -0.2) is 73.6 Å². The minimum atomic E-state index is -0.0527. The first-order valence-corrected chi connectivity index (χ1v) is 31.0. The lowest BCUT2D eigenvalue weighted by molar-refractivity contribution is -0.150. The van der Waals surface area contributed by atoms with Gasteiger partial charge in [0.15, 0.2) is 0 Å². The normalized spacial score (nSPS) is 12.5. The number of amides is 1. The van der Waals surface area contributed by atoms with Gasteiger partial charge in [0.25, 0.3) is 0 Å². The Morgan fingerprint density at radius 2 is 0.754 bits per heavy atom. The van der Waals surface area contributed by atoms with Gasteiger partial charge in [-0.1, -0.05) is 240 Å². The zero-order valence-electron chi connectivity index (χ0n) is 47.8. The number of hydrogen-bond acceptors (Lipinski definition) is 6. The zero-order chi connectivity index (χ0) is 50.7. The van der Waals surface area contributed by atoms with Gasteiger partial charge in [-0.3, -0.25) is 14.4 Å². The van der Waals surface area contributed by atoms with Crippen LogP contribution in [0.25, 0.3) is 0 Å². The summed E-state index contributed by atoms with van der Waals surface area (Å²) in [5.41, 5.74) is 0. The van der Waals surface area contributed by atoms with Crippen molar-refractivity contribution in [1.29, 1.82) is 0 Å². The second kappa shape index (κ2) is 52.7. The largest absolute Gasteiger partial charge is 0.466 e. The molecule has 0 bridgehead atoms. The van der Waals surface area contributed by atoms with Crippen molar-refractivity contribution in [2.75, 3.05) is 33.8 Å². The average Bonchev–Trinajstić information content (AvgIpc) is 3.33. The summed E-state index contributed by atoms with van der Waals surface area (Å²) in [4.78, 5) is 44.0. The van der Waals surface area contributed by atoms with Crippen LogP contribution < -0.4 is 0 Å². The standard InChI is InChI=1S/C62H122N2O5/c1-8-13-17-21-25-26-29-36-48-58(49-37-33-41-52-61(66)68-56-43-42-47-57(45-34-27-22-18-14-9-2)46-35-28-23-19-15-10-3)64(55-44-54-63(6)7)60(65)51-39-31-32-40-53-62(67)69-59(12-5)50-38-30-24-20-16-11-4/h57-59H,8-56H2,1-7H3. The van der Waals surface area contributed by atoms with Crippen LogP contribution in [0.15, 0.2) is 0 Å². The van der Waals surface area contributed by atoms with Gasteiger partial charge >= 0.3 is 11.9 Å². The molecule has 0 saturated heterocycles. The highest BCUT2D eigenvalue weighted by Crippen LogP contribution is 2.25. The fourth-order valence-corrected chi connectivity index (χ4v) is 10.3. The molecule has 0 aromatic rings. The second-order valence-corrected chi connectivity index (χ2v) is 21.9. The minimum absolute atomic E-state index is 0.0350. The number of esters is 2. The molecule has 0 rings (SSSR count). The van der Waals surface area contributed by atoms with Gasteiger partial charge < -0.3 is 19.3 Å². The number of carbonyl (C=O) groups is 3. The lowest BCUT2D eigenvalue weighted by Gasteiger charge is -2.33. The third kappa shape index (κ3) is 45.9. The van der Waals surface area contributed by atoms with E-state index in [0.29, 0.717) is 31.8 Å². The van der Waals surface area contributed by atoms with E-state index in [-0.39, 0.29) is 24.1 Å². The average molecular weight is 976 g/mol. The molecule has 0 spiro atoms. The molecule has 0 fully saturated rings. The highest BCUT2D eigenvalue weighted by molar-refractivity contribution is 5.76. The summed E-state index contributed by atoms with van der Waals surface area (Å²) in [5, 5.41) is 0. The highest BCUT2D eigenvalue weighted by atomic mass is 16.5. The Labute approximate surface area is 431 Å². The zero-order valence-corrected chi connectivity index (χ0v) is 47.8. The van der Waals surface area contributed by atoms with Crippen LogP contribution in [0, 0.1) is 5.92 Å². The van der Waals surface area contributed by atoms with Crippen molar-refractivity contribution in [3.05, 3.63) is 0 Å². The van der Waals surface area contributed by atoms with Gasteiger partial charge in [-0.05, 0) is 97.2 Å². The van der Waals surface area contributed by atoms with E-state index >= 15 is 0 Å². The van der Waals surface area contributed by atoms with Gasteiger partial charge in [0, 0.05) is 31.8 Å². The fourth-order valence-electron chi connectivity index (χ4n) is 10.3. The highest BCUT2D eigenvalue weighted by Gasteiger charge is 2.23. The third-order valence-corrected chi connectivity index (χ3v) is 14.9. The Kier molecular flexibility index (Phi) is 51.4. The molecule has 0 aliphatic carbocycles. The van der Waals surface area contributed by atoms with Crippen LogP contribution in [0.5, 0.6) is 0 Å². The molecule has 7 heteroatoms. The van der Waals surface area contributed by atoms with Crippen molar-refractivity contribution in [2.45, 2.75) is 342 Å². The predicted molar refractivity (Wildman–Crippen MR) is 299 cm³/mol. The summed E-state index contributed by atoms with van der Waals surface area (Å²) in [6.45, 7) is 13.6. The number of carbonyl (C=O) groups excluding carboxylic acids is 3. The summed E-state index contributed by atoms with van der Waals surface area (Å²) in [7, 11) is 4.24. The Balaban J connectivity index is 5.03. The molecule has 7 nitrogen and oxygen atoms in total.